The van der Waals surface area contributed by atoms with E-state index in [9.17, 15) is 13.2 Å². The number of hydrogen-bond acceptors (Lipinski definition) is 3. The Morgan fingerprint density at radius 1 is 1.25 bits per heavy atom. The van der Waals surface area contributed by atoms with Crippen LogP contribution in [0.4, 0.5) is 19.1 Å². The highest BCUT2D eigenvalue weighted by atomic mass is 19.4. The van der Waals surface area contributed by atoms with Crippen molar-refractivity contribution in [2.24, 2.45) is 0 Å². The topological polar surface area (TPSA) is 37.8 Å². The van der Waals surface area contributed by atoms with E-state index < -0.39 is 11.9 Å². The Bertz CT molecular complexity index is 359. The molecule has 1 aromatic rings. The molecule has 0 aromatic carbocycles. The lowest BCUT2D eigenvalue weighted by Crippen LogP contribution is -2.18. The predicted octanol–water partition coefficient (Wildman–Crippen LogP) is 2.85. The zero-order chi connectivity index (χ0) is 11.6. The molecule has 88 valence electrons. The molecule has 1 heterocycles. The zero-order valence-electron chi connectivity index (χ0n) is 8.59. The average Bonchev–Trinajstić information content (AvgIpc) is 2.70. The van der Waals surface area contributed by atoms with Crippen molar-refractivity contribution in [2.75, 3.05) is 5.32 Å². The minimum Gasteiger partial charge on any atom is -0.351 e. The summed E-state index contributed by atoms with van der Waals surface area (Å²) in [4.78, 5) is 7.25. The maximum Gasteiger partial charge on any atom is 0.433 e. The zero-order valence-corrected chi connectivity index (χ0v) is 8.59. The van der Waals surface area contributed by atoms with E-state index in [0.29, 0.717) is 0 Å². The van der Waals surface area contributed by atoms with Gasteiger partial charge in [0.1, 0.15) is 5.69 Å². The minimum absolute atomic E-state index is 0.0710. The fraction of sp³-hybridized carbons (Fsp3) is 0.600. The van der Waals surface area contributed by atoms with Crippen molar-refractivity contribution in [1.29, 1.82) is 0 Å². The normalized spacial score (nSPS) is 17.7. The van der Waals surface area contributed by atoms with Crippen molar-refractivity contribution in [2.45, 2.75) is 37.9 Å². The molecule has 0 atom stereocenters. The first-order valence-electron chi connectivity index (χ1n) is 5.22. The van der Waals surface area contributed by atoms with E-state index in [1.165, 1.54) is 0 Å². The van der Waals surface area contributed by atoms with E-state index in [-0.39, 0.29) is 12.0 Å². The van der Waals surface area contributed by atoms with Crippen LogP contribution in [0.1, 0.15) is 31.4 Å². The number of alkyl halides is 3. The van der Waals surface area contributed by atoms with Gasteiger partial charge < -0.3 is 5.32 Å². The van der Waals surface area contributed by atoms with E-state index in [4.69, 9.17) is 0 Å². The van der Waals surface area contributed by atoms with Crippen LogP contribution in [0.3, 0.4) is 0 Å². The predicted molar refractivity (Wildman–Crippen MR) is 52.9 cm³/mol. The lowest BCUT2D eigenvalue weighted by molar-refractivity contribution is -0.141. The number of rotatable bonds is 2. The third kappa shape index (κ3) is 2.62. The minimum atomic E-state index is -4.41. The summed E-state index contributed by atoms with van der Waals surface area (Å²) in [6.45, 7) is 0. The van der Waals surface area contributed by atoms with Gasteiger partial charge in [-0.05, 0) is 18.9 Å². The van der Waals surface area contributed by atoms with E-state index in [1.807, 2.05) is 0 Å². The monoisotopic (exact) mass is 231 g/mol. The molecule has 1 aliphatic rings. The molecule has 0 radical (unpaired) electrons. The largest absolute Gasteiger partial charge is 0.433 e. The van der Waals surface area contributed by atoms with Crippen LogP contribution in [-0.4, -0.2) is 16.0 Å². The van der Waals surface area contributed by atoms with Gasteiger partial charge in [0.15, 0.2) is 0 Å². The summed E-state index contributed by atoms with van der Waals surface area (Å²) >= 11 is 0. The molecule has 0 spiro atoms. The van der Waals surface area contributed by atoms with Crippen LogP contribution in [0.15, 0.2) is 12.3 Å². The Kier molecular flexibility index (Phi) is 2.98. The van der Waals surface area contributed by atoms with Crippen LogP contribution in [-0.2, 0) is 6.18 Å². The molecule has 1 aliphatic carbocycles. The van der Waals surface area contributed by atoms with Crippen molar-refractivity contribution in [3.05, 3.63) is 18.0 Å². The Balaban J connectivity index is 2.09. The van der Waals surface area contributed by atoms with Crippen LogP contribution in [0.5, 0.6) is 0 Å². The van der Waals surface area contributed by atoms with Crippen LogP contribution in [0.25, 0.3) is 0 Å². The number of aromatic nitrogens is 2. The summed E-state index contributed by atoms with van der Waals surface area (Å²) < 4.78 is 37.1. The molecule has 0 saturated heterocycles. The second-order valence-corrected chi connectivity index (χ2v) is 3.89. The highest BCUT2D eigenvalue weighted by molar-refractivity contribution is 5.27. The van der Waals surface area contributed by atoms with Gasteiger partial charge in [-0.25, -0.2) is 9.97 Å². The second kappa shape index (κ2) is 4.27. The van der Waals surface area contributed by atoms with Crippen LogP contribution < -0.4 is 5.32 Å². The molecule has 0 bridgehead atoms. The first-order valence-corrected chi connectivity index (χ1v) is 5.22. The number of nitrogens with one attached hydrogen (secondary N) is 1. The molecule has 1 N–H and O–H groups in total. The Morgan fingerprint density at radius 2 is 1.94 bits per heavy atom. The standard InChI is InChI=1S/C10H12F3N3/c11-10(12,13)8-5-6-14-9(16-8)15-7-3-1-2-4-7/h5-7H,1-4H2,(H,14,15,16). The summed E-state index contributed by atoms with van der Waals surface area (Å²) in [6, 6.07) is 1.09. The first kappa shape index (κ1) is 11.2. The second-order valence-electron chi connectivity index (χ2n) is 3.89. The molecule has 1 saturated carbocycles. The van der Waals surface area contributed by atoms with Crippen LogP contribution in [0, 0.1) is 0 Å². The third-order valence-corrected chi connectivity index (χ3v) is 2.63. The summed E-state index contributed by atoms with van der Waals surface area (Å²) in [5, 5.41) is 2.93. The fourth-order valence-corrected chi connectivity index (χ4v) is 1.84. The van der Waals surface area contributed by atoms with E-state index in [0.717, 1.165) is 37.9 Å². The average molecular weight is 231 g/mol. The summed E-state index contributed by atoms with van der Waals surface area (Å²) in [6.07, 6.45) is 0.884. The van der Waals surface area contributed by atoms with Crippen molar-refractivity contribution in [3.63, 3.8) is 0 Å². The lowest BCUT2D eigenvalue weighted by atomic mass is 10.2. The van der Waals surface area contributed by atoms with Crippen molar-refractivity contribution >= 4 is 5.95 Å². The Morgan fingerprint density at radius 3 is 2.56 bits per heavy atom. The van der Waals surface area contributed by atoms with Crippen LogP contribution in [0.2, 0.25) is 0 Å². The van der Waals surface area contributed by atoms with Gasteiger partial charge in [-0.3, -0.25) is 0 Å². The van der Waals surface area contributed by atoms with Crippen molar-refractivity contribution in [1.82, 2.24) is 9.97 Å². The molecule has 1 aromatic heterocycles. The number of nitrogens with zero attached hydrogens (tertiary/aromatic N) is 2. The lowest BCUT2D eigenvalue weighted by Gasteiger charge is -2.12. The smallest absolute Gasteiger partial charge is 0.351 e. The van der Waals surface area contributed by atoms with Crippen molar-refractivity contribution in [3.8, 4) is 0 Å². The van der Waals surface area contributed by atoms with E-state index in [1.54, 1.807) is 0 Å². The Labute approximate surface area is 91.1 Å². The van der Waals surface area contributed by atoms with Gasteiger partial charge in [-0.2, -0.15) is 13.2 Å². The van der Waals surface area contributed by atoms with Gasteiger partial charge in [0, 0.05) is 12.2 Å². The van der Waals surface area contributed by atoms with Gasteiger partial charge in [0.25, 0.3) is 0 Å². The molecule has 16 heavy (non-hydrogen) atoms. The maximum absolute atomic E-state index is 12.4. The summed E-state index contributed by atoms with van der Waals surface area (Å²) in [7, 11) is 0. The third-order valence-electron chi connectivity index (χ3n) is 2.63. The summed E-state index contributed by atoms with van der Waals surface area (Å²) in [5.41, 5.74) is -0.900. The molecule has 0 amide bonds. The quantitative estimate of drug-likeness (QED) is 0.850. The van der Waals surface area contributed by atoms with Gasteiger partial charge in [-0.1, -0.05) is 12.8 Å². The van der Waals surface area contributed by atoms with E-state index in [2.05, 4.69) is 15.3 Å². The molecule has 3 nitrogen and oxygen atoms in total. The molecule has 2 rings (SSSR count). The number of anilines is 1. The van der Waals surface area contributed by atoms with Gasteiger partial charge in [0.05, 0.1) is 0 Å². The molecule has 0 unspecified atom stereocenters. The summed E-state index contributed by atoms with van der Waals surface area (Å²) in [5.74, 6) is 0.0710. The molecule has 6 heteroatoms. The Hall–Kier alpha value is -1.33. The first-order chi connectivity index (χ1) is 7.55. The van der Waals surface area contributed by atoms with E-state index >= 15 is 0 Å². The highest BCUT2D eigenvalue weighted by Gasteiger charge is 2.33. The van der Waals surface area contributed by atoms with Gasteiger partial charge in [0.2, 0.25) is 5.95 Å². The molecular weight excluding hydrogens is 219 g/mol. The van der Waals surface area contributed by atoms with Gasteiger partial charge >= 0.3 is 6.18 Å². The van der Waals surface area contributed by atoms with Gasteiger partial charge in [-0.15, -0.1) is 0 Å². The number of halogens is 3. The molecule has 1 fully saturated rings. The number of hydrogen-bond donors (Lipinski definition) is 1. The SMILES string of the molecule is FC(F)(F)c1ccnc(NC2CCCC2)n1. The highest BCUT2D eigenvalue weighted by Crippen LogP contribution is 2.28. The van der Waals surface area contributed by atoms with Crippen LogP contribution >= 0.6 is 0 Å². The fourth-order valence-electron chi connectivity index (χ4n) is 1.84. The maximum atomic E-state index is 12.4. The van der Waals surface area contributed by atoms with Crippen molar-refractivity contribution < 1.29 is 13.2 Å². The molecule has 0 aliphatic heterocycles. The molecular formula is C10H12F3N3.